The van der Waals surface area contributed by atoms with Crippen LogP contribution in [0.2, 0.25) is 5.02 Å². The SMILES string of the molecule is Cc1cc(Cc2cccc(CC3CN(C(C)C)C3)c2)ccc1Cl. The third-order valence-electron chi connectivity index (χ3n) is 4.86. The first-order valence-electron chi connectivity index (χ1n) is 8.58. The normalized spacial score (nSPS) is 15.9. The molecule has 1 aliphatic rings. The van der Waals surface area contributed by atoms with Gasteiger partial charge < -0.3 is 4.90 Å². The van der Waals surface area contributed by atoms with Gasteiger partial charge in [-0.3, -0.25) is 0 Å². The molecule has 0 atom stereocenters. The first-order chi connectivity index (χ1) is 11.0. The molecular weight excluding hydrogens is 302 g/mol. The van der Waals surface area contributed by atoms with Crippen molar-refractivity contribution in [1.29, 1.82) is 0 Å². The van der Waals surface area contributed by atoms with Crippen LogP contribution in [0.3, 0.4) is 0 Å². The Labute approximate surface area is 145 Å². The van der Waals surface area contributed by atoms with E-state index in [1.165, 1.54) is 36.2 Å². The van der Waals surface area contributed by atoms with Gasteiger partial charge in [0.25, 0.3) is 0 Å². The van der Waals surface area contributed by atoms with Crippen LogP contribution in [-0.2, 0) is 12.8 Å². The van der Waals surface area contributed by atoms with Crippen LogP contribution >= 0.6 is 11.6 Å². The summed E-state index contributed by atoms with van der Waals surface area (Å²) in [6.45, 7) is 9.13. The molecule has 23 heavy (non-hydrogen) atoms. The zero-order valence-corrected chi connectivity index (χ0v) is 15.1. The van der Waals surface area contributed by atoms with E-state index in [9.17, 15) is 0 Å². The molecule has 1 aliphatic heterocycles. The average Bonchev–Trinajstić information content (AvgIpc) is 2.46. The zero-order chi connectivity index (χ0) is 16.4. The van der Waals surface area contributed by atoms with Gasteiger partial charge in [0, 0.05) is 24.2 Å². The van der Waals surface area contributed by atoms with Gasteiger partial charge >= 0.3 is 0 Å². The molecule has 0 radical (unpaired) electrons. The fourth-order valence-electron chi connectivity index (χ4n) is 3.41. The van der Waals surface area contributed by atoms with Crippen molar-refractivity contribution < 1.29 is 0 Å². The molecule has 1 nitrogen and oxygen atoms in total. The largest absolute Gasteiger partial charge is 0.300 e. The summed E-state index contributed by atoms with van der Waals surface area (Å²) in [4.78, 5) is 2.55. The molecule has 2 aromatic carbocycles. The van der Waals surface area contributed by atoms with Crippen molar-refractivity contribution in [3.05, 3.63) is 69.7 Å². The molecule has 1 saturated heterocycles. The van der Waals surface area contributed by atoms with Gasteiger partial charge in [-0.1, -0.05) is 48.0 Å². The van der Waals surface area contributed by atoms with E-state index in [4.69, 9.17) is 11.6 Å². The molecule has 0 N–H and O–H groups in total. The Morgan fingerprint density at radius 1 is 1.04 bits per heavy atom. The highest BCUT2D eigenvalue weighted by atomic mass is 35.5. The van der Waals surface area contributed by atoms with Crippen LogP contribution in [0, 0.1) is 12.8 Å². The Balaban J connectivity index is 1.62. The van der Waals surface area contributed by atoms with Crippen LogP contribution in [-0.4, -0.2) is 24.0 Å². The topological polar surface area (TPSA) is 3.24 Å². The molecule has 122 valence electrons. The summed E-state index contributed by atoms with van der Waals surface area (Å²) >= 11 is 6.12. The van der Waals surface area contributed by atoms with Crippen molar-refractivity contribution in [2.24, 2.45) is 5.92 Å². The van der Waals surface area contributed by atoms with Crippen LogP contribution in [0.1, 0.15) is 36.1 Å². The molecule has 0 bridgehead atoms. The van der Waals surface area contributed by atoms with Crippen LogP contribution in [0.4, 0.5) is 0 Å². The molecule has 0 amide bonds. The van der Waals surface area contributed by atoms with Gasteiger partial charge in [0.05, 0.1) is 0 Å². The second-order valence-corrected chi connectivity index (χ2v) is 7.61. The van der Waals surface area contributed by atoms with Crippen molar-refractivity contribution in [2.45, 2.75) is 39.7 Å². The van der Waals surface area contributed by atoms with E-state index >= 15 is 0 Å². The molecule has 0 saturated carbocycles. The molecule has 0 spiro atoms. The standard InChI is InChI=1S/C21H26ClN/c1-15(2)23-13-20(14-23)12-18-6-4-5-17(10-18)11-19-7-8-21(22)16(3)9-19/h4-10,15,20H,11-14H2,1-3H3. The van der Waals surface area contributed by atoms with E-state index in [1.54, 1.807) is 0 Å². The van der Waals surface area contributed by atoms with Gasteiger partial charge in [-0.2, -0.15) is 0 Å². The predicted octanol–water partition coefficient (Wildman–Crippen LogP) is 5.12. The van der Waals surface area contributed by atoms with Gasteiger partial charge in [-0.05, 0) is 67.9 Å². The maximum atomic E-state index is 6.12. The van der Waals surface area contributed by atoms with Crippen molar-refractivity contribution in [3.63, 3.8) is 0 Å². The van der Waals surface area contributed by atoms with E-state index in [0.29, 0.717) is 6.04 Å². The highest BCUT2D eigenvalue weighted by molar-refractivity contribution is 6.31. The van der Waals surface area contributed by atoms with E-state index in [1.807, 2.05) is 6.07 Å². The zero-order valence-electron chi connectivity index (χ0n) is 14.3. The summed E-state index contributed by atoms with van der Waals surface area (Å²) in [5.41, 5.74) is 5.35. The maximum Gasteiger partial charge on any atom is 0.0435 e. The maximum absolute atomic E-state index is 6.12. The summed E-state index contributed by atoms with van der Waals surface area (Å²) in [6, 6.07) is 16.1. The van der Waals surface area contributed by atoms with Crippen molar-refractivity contribution in [2.75, 3.05) is 13.1 Å². The Bertz CT molecular complexity index is 671. The lowest BCUT2D eigenvalue weighted by Gasteiger charge is -2.42. The predicted molar refractivity (Wildman–Crippen MR) is 99.3 cm³/mol. The Kier molecular flexibility index (Phi) is 5.08. The first kappa shape index (κ1) is 16.5. The molecule has 1 fully saturated rings. The van der Waals surface area contributed by atoms with Crippen molar-refractivity contribution >= 4 is 11.6 Å². The second kappa shape index (κ2) is 7.07. The third kappa shape index (κ3) is 4.16. The van der Waals surface area contributed by atoms with Crippen LogP contribution in [0.5, 0.6) is 0 Å². The van der Waals surface area contributed by atoms with Gasteiger partial charge in [0.15, 0.2) is 0 Å². The van der Waals surface area contributed by atoms with Gasteiger partial charge in [0.2, 0.25) is 0 Å². The number of likely N-dealkylation sites (tertiary alicyclic amines) is 1. The average molecular weight is 328 g/mol. The van der Waals surface area contributed by atoms with Crippen LogP contribution in [0.25, 0.3) is 0 Å². The Hall–Kier alpha value is -1.31. The fraction of sp³-hybridized carbons (Fsp3) is 0.429. The van der Waals surface area contributed by atoms with E-state index < -0.39 is 0 Å². The number of hydrogen-bond acceptors (Lipinski definition) is 1. The highest BCUT2D eigenvalue weighted by Gasteiger charge is 2.28. The summed E-state index contributed by atoms with van der Waals surface area (Å²) in [5, 5.41) is 0.849. The molecular formula is C21H26ClN. The van der Waals surface area contributed by atoms with E-state index in [-0.39, 0.29) is 0 Å². The molecule has 0 unspecified atom stereocenters. The molecule has 2 heteroatoms. The quantitative estimate of drug-likeness (QED) is 0.736. The first-order valence-corrected chi connectivity index (χ1v) is 8.96. The van der Waals surface area contributed by atoms with Crippen LogP contribution in [0.15, 0.2) is 42.5 Å². The van der Waals surface area contributed by atoms with Gasteiger partial charge in [-0.15, -0.1) is 0 Å². The third-order valence-corrected chi connectivity index (χ3v) is 5.29. The highest BCUT2D eigenvalue weighted by Crippen LogP contribution is 2.24. The Morgan fingerprint density at radius 2 is 1.74 bits per heavy atom. The van der Waals surface area contributed by atoms with Crippen LogP contribution < -0.4 is 0 Å². The lowest BCUT2D eigenvalue weighted by molar-refractivity contribution is 0.0681. The van der Waals surface area contributed by atoms with Gasteiger partial charge in [0.1, 0.15) is 0 Å². The van der Waals surface area contributed by atoms with Crippen molar-refractivity contribution in [1.82, 2.24) is 4.90 Å². The minimum Gasteiger partial charge on any atom is -0.300 e. The number of rotatable bonds is 5. The fourth-order valence-corrected chi connectivity index (χ4v) is 3.53. The number of nitrogens with zero attached hydrogens (tertiary/aromatic N) is 1. The number of aryl methyl sites for hydroxylation is 1. The minimum atomic E-state index is 0.686. The smallest absolute Gasteiger partial charge is 0.0435 e. The van der Waals surface area contributed by atoms with Crippen molar-refractivity contribution in [3.8, 4) is 0 Å². The minimum absolute atomic E-state index is 0.686. The molecule has 3 rings (SSSR count). The molecule has 1 heterocycles. The lowest BCUT2D eigenvalue weighted by Crippen LogP contribution is -2.50. The second-order valence-electron chi connectivity index (χ2n) is 7.20. The summed E-state index contributed by atoms with van der Waals surface area (Å²) in [7, 11) is 0. The summed E-state index contributed by atoms with van der Waals surface area (Å²) in [6.07, 6.45) is 2.19. The molecule has 0 aliphatic carbocycles. The van der Waals surface area contributed by atoms with Gasteiger partial charge in [-0.25, -0.2) is 0 Å². The molecule has 0 aromatic heterocycles. The number of hydrogen-bond donors (Lipinski definition) is 0. The summed E-state index contributed by atoms with van der Waals surface area (Å²) in [5.74, 6) is 0.824. The number of halogens is 1. The van der Waals surface area contributed by atoms with E-state index in [0.717, 1.165) is 22.9 Å². The number of benzene rings is 2. The molecule has 2 aromatic rings. The monoisotopic (exact) mass is 327 g/mol. The Morgan fingerprint density at radius 3 is 2.43 bits per heavy atom. The summed E-state index contributed by atoms with van der Waals surface area (Å²) < 4.78 is 0. The van der Waals surface area contributed by atoms with E-state index in [2.05, 4.69) is 62.1 Å². The lowest BCUT2D eigenvalue weighted by atomic mass is 9.90.